The molecule has 1 atom stereocenters. The minimum Gasteiger partial charge on any atom is -0.379 e. The number of piperidine rings is 1. The maximum absolute atomic E-state index is 13.1. The van der Waals surface area contributed by atoms with E-state index in [-0.39, 0.29) is 11.9 Å². The van der Waals surface area contributed by atoms with E-state index in [1.165, 1.54) is 0 Å². The Morgan fingerprint density at radius 2 is 2.30 bits per heavy atom. The average molecular weight is 278 g/mol. The van der Waals surface area contributed by atoms with Gasteiger partial charge in [-0.1, -0.05) is 0 Å². The Morgan fingerprint density at radius 1 is 1.50 bits per heavy atom. The molecule has 6 nitrogen and oxygen atoms in total. The van der Waals surface area contributed by atoms with Gasteiger partial charge in [-0.2, -0.15) is 5.10 Å². The van der Waals surface area contributed by atoms with E-state index in [9.17, 15) is 4.79 Å². The van der Waals surface area contributed by atoms with E-state index in [1.807, 2.05) is 28.9 Å². The second kappa shape index (κ2) is 5.54. The average Bonchev–Trinajstić information content (AvgIpc) is 3.19. The number of hydrogen-bond acceptors (Lipinski definition) is 4. The molecule has 0 aliphatic carbocycles. The highest BCUT2D eigenvalue weighted by molar-refractivity contribution is 5.84. The van der Waals surface area contributed by atoms with Gasteiger partial charge in [-0.15, -0.1) is 0 Å². The molecule has 0 bridgehead atoms. The molecule has 1 N–H and O–H groups in total. The van der Waals surface area contributed by atoms with Crippen LogP contribution in [-0.4, -0.2) is 60.0 Å². The summed E-state index contributed by atoms with van der Waals surface area (Å²) in [5.41, 5.74) is -0.536. The lowest BCUT2D eigenvalue weighted by atomic mass is 9.86. The molecule has 0 radical (unpaired) electrons. The summed E-state index contributed by atoms with van der Waals surface area (Å²) in [6.07, 6.45) is 6.14. The smallest absolute Gasteiger partial charge is 0.250 e. The molecular formula is C14H22N4O2. The third-order valence-electron chi connectivity index (χ3n) is 4.55. The van der Waals surface area contributed by atoms with Crippen molar-refractivity contribution < 1.29 is 9.53 Å². The topological polar surface area (TPSA) is 59.4 Å². The van der Waals surface area contributed by atoms with Gasteiger partial charge in [0.15, 0.2) is 0 Å². The van der Waals surface area contributed by atoms with E-state index in [1.54, 1.807) is 6.20 Å². The van der Waals surface area contributed by atoms with E-state index < -0.39 is 5.54 Å². The van der Waals surface area contributed by atoms with Crippen LogP contribution in [0.5, 0.6) is 0 Å². The first-order valence-corrected chi connectivity index (χ1v) is 7.30. The molecule has 0 saturated carbocycles. The van der Waals surface area contributed by atoms with Gasteiger partial charge in [0.05, 0.1) is 12.6 Å². The molecule has 0 aromatic carbocycles. The lowest BCUT2D eigenvalue weighted by Gasteiger charge is -2.40. The molecule has 2 fully saturated rings. The van der Waals surface area contributed by atoms with Crippen molar-refractivity contribution in [3.05, 3.63) is 18.5 Å². The summed E-state index contributed by atoms with van der Waals surface area (Å²) >= 11 is 0. The van der Waals surface area contributed by atoms with Crippen LogP contribution in [0.4, 0.5) is 0 Å². The van der Waals surface area contributed by atoms with Gasteiger partial charge in [0.25, 0.3) is 5.91 Å². The predicted octanol–water partition coefficient (Wildman–Crippen LogP) is 0.209. The van der Waals surface area contributed by atoms with Gasteiger partial charge in [0.2, 0.25) is 0 Å². The molecule has 2 aliphatic rings. The van der Waals surface area contributed by atoms with Gasteiger partial charge < -0.3 is 15.0 Å². The summed E-state index contributed by atoms with van der Waals surface area (Å²) in [6.45, 7) is 3.09. The summed E-state index contributed by atoms with van der Waals surface area (Å²) in [4.78, 5) is 15.0. The summed E-state index contributed by atoms with van der Waals surface area (Å²) in [5, 5.41) is 7.68. The number of nitrogens with zero attached hydrogens (tertiary/aromatic N) is 3. The summed E-state index contributed by atoms with van der Waals surface area (Å²) in [5.74, 6) is 0.165. The zero-order valence-corrected chi connectivity index (χ0v) is 11.9. The number of likely N-dealkylation sites (N-methyl/N-ethyl adjacent to an activating group) is 1. The molecule has 2 saturated heterocycles. The molecule has 110 valence electrons. The Hall–Kier alpha value is -1.40. The van der Waals surface area contributed by atoms with Gasteiger partial charge in [0, 0.05) is 26.0 Å². The van der Waals surface area contributed by atoms with Crippen LogP contribution in [-0.2, 0) is 15.1 Å². The van der Waals surface area contributed by atoms with Crippen LogP contribution in [0.15, 0.2) is 18.5 Å². The molecule has 1 unspecified atom stereocenters. The largest absolute Gasteiger partial charge is 0.379 e. The van der Waals surface area contributed by atoms with Gasteiger partial charge >= 0.3 is 0 Å². The minimum absolute atomic E-state index is 0.165. The molecule has 3 rings (SSSR count). The number of hydrogen-bond donors (Lipinski definition) is 1. The van der Waals surface area contributed by atoms with E-state index >= 15 is 0 Å². The highest BCUT2D eigenvalue weighted by atomic mass is 16.5. The maximum atomic E-state index is 13.1. The van der Waals surface area contributed by atoms with Crippen molar-refractivity contribution in [2.45, 2.75) is 30.8 Å². The van der Waals surface area contributed by atoms with Gasteiger partial charge in [-0.25, -0.2) is 0 Å². The van der Waals surface area contributed by atoms with Crippen molar-refractivity contribution in [3.63, 3.8) is 0 Å². The van der Waals surface area contributed by atoms with Crippen molar-refractivity contribution in [2.24, 2.45) is 0 Å². The number of rotatable bonds is 3. The number of aromatic nitrogens is 2. The Labute approximate surface area is 119 Å². The van der Waals surface area contributed by atoms with E-state index in [2.05, 4.69) is 10.4 Å². The molecule has 20 heavy (non-hydrogen) atoms. The summed E-state index contributed by atoms with van der Waals surface area (Å²) < 4.78 is 7.26. The van der Waals surface area contributed by atoms with Crippen LogP contribution in [0.1, 0.15) is 19.3 Å². The van der Waals surface area contributed by atoms with E-state index in [0.717, 1.165) is 39.0 Å². The van der Waals surface area contributed by atoms with Crippen LogP contribution in [0, 0.1) is 0 Å². The molecule has 0 spiro atoms. The van der Waals surface area contributed by atoms with Crippen molar-refractivity contribution in [1.29, 1.82) is 0 Å². The van der Waals surface area contributed by atoms with Crippen molar-refractivity contribution in [3.8, 4) is 0 Å². The fourth-order valence-electron chi connectivity index (χ4n) is 3.22. The van der Waals surface area contributed by atoms with Crippen LogP contribution in [0.2, 0.25) is 0 Å². The summed E-state index contributed by atoms with van der Waals surface area (Å²) in [7, 11) is 1.90. The second-order valence-corrected chi connectivity index (χ2v) is 5.67. The molecular weight excluding hydrogens is 256 g/mol. The normalized spacial score (nSPS) is 25.6. The number of ether oxygens (including phenoxy) is 1. The Balaban J connectivity index is 1.87. The number of carbonyl (C=O) groups is 1. The maximum Gasteiger partial charge on any atom is 0.250 e. The Bertz CT molecular complexity index is 448. The molecule has 2 aliphatic heterocycles. The standard InChI is InChI=1S/C14H22N4O2/c1-17(12-3-10-20-11-12)13(19)14(4-7-15-8-5-14)18-9-2-6-16-18/h2,6,9,12,15H,3-5,7-8,10-11H2,1H3. The molecule has 6 heteroatoms. The first-order valence-electron chi connectivity index (χ1n) is 7.30. The highest BCUT2D eigenvalue weighted by Gasteiger charge is 2.45. The lowest BCUT2D eigenvalue weighted by Crippen LogP contribution is -2.56. The van der Waals surface area contributed by atoms with Crippen LogP contribution in [0.3, 0.4) is 0 Å². The first-order chi connectivity index (χ1) is 9.74. The van der Waals surface area contributed by atoms with Gasteiger partial charge in [-0.05, 0) is 38.4 Å². The SMILES string of the molecule is CN(C(=O)C1(n2cccn2)CCNCC1)C1CCOC1. The molecule has 1 aromatic rings. The van der Waals surface area contributed by atoms with Crippen LogP contribution >= 0.6 is 0 Å². The quantitative estimate of drug-likeness (QED) is 0.858. The van der Waals surface area contributed by atoms with Crippen molar-refractivity contribution >= 4 is 5.91 Å². The van der Waals surface area contributed by atoms with Crippen molar-refractivity contribution in [1.82, 2.24) is 20.0 Å². The van der Waals surface area contributed by atoms with Gasteiger partial charge in [0.1, 0.15) is 5.54 Å². The number of carbonyl (C=O) groups excluding carboxylic acids is 1. The van der Waals surface area contributed by atoms with Gasteiger partial charge in [-0.3, -0.25) is 9.48 Å². The molecule has 3 heterocycles. The fourth-order valence-corrected chi connectivity index (χ4v) is 3.22. The monoisotopic (exact) mass is 278 g/mol. The third kappa shape index (κ3) is 2.23. The summed E-state index contributed by atoms with van der Waals surface area (Å²) in [6, 6.07) is 2.08. The lowest BCUT2D eigenvalue weighted by molar-refractivity contribution is -0.144. The van der Waals surface area contributed by atoms with Crippen LogP contribution < -0.4 is 5.32 Å². The first kappa shape index (κ1) is 13.6. The zero-order chi connectivity index (χ0) is 14.0. The van der Waals surface area contributed by atoms with Crippen molar-refractivity contribution in [2.75, 3.05) is 33.4 Å². The molecule has 1 amide bonds. The zero-order valence-electron chi connectivity index (χ0n) is 11.9. The second-order valence-electron chi connectivity index (χ2n) is 5.67. The third-order valence-corrected chi connectivity index (χ3v) is 4.55. The van der Waals surface area contributed by atoms with E-state index in [0.29, 0.717) is 6.61 Å². The van der Waals surface area contributed by atoms with E-state index in [4.69, 9.17) is 4.74 Å². The number of amides is 1. The highest BCUT2D eigenvalue weighted by Crippen LogP contribution is 2.30. The number of nitrogens with one attached hydrogen (secondary N) is 1. The Morgan fingerprint density at radius 3 is 2.90 bits per heavy atom. The Kier molecular flexibility index (Phi) is 3.76. The molecule has 1 aromatic heterocycles. The van der Waals surface area contributed by atoms with Crippen LogP contribution in [0.25, 0.3) is 0 Å². The fraction of sp³-hybridized carbons (Fsp3) is 0.714. The minimum atomic E-state index is -0.536. The predicted molar refractivity (Wildman–Crippen MR) is 74.3 cm³/mol.